The van der Waals surface area contributed by atoms with E-state index in [-0.39, 0.29) is 41.6 Å². The second-order valence-corrected chi connectivity index (χ2v) is 8.25. The van der Waals surface area contributed by atoms with Crippen LogP contribution in [0.25, 0.3) is 0 Å². The first kappa shape index (κ1) is 19.2. The minimum Gasteiger partial charge on any atom is -0.481 e. The quantitative estimate of drug-likeness (QED) is 0.723. The molecule has 1 aromatic rings. The largest absolute Gasteiger partial charge is 0.481 e. The smallest absolute Gasteiger partial charge is 0.303 e. The summed E-state index contributed by atoms with van der Waals surface area (Å²) in [5, 5.41) is 18.7. The second-order valence-electron chi connectivity index (χ2n) is 7.88. The summed E-state index contributed by atoms with van der Waals surface area (Å²) in [4.78, 5) is 18.5. The molecule has 3 aliphatic rings. The Hall–Kier alpha value is -2.11. The number of piperidine rings is 1. The van der Waals surface area contributed by atoms with Gasteiger partial charge < -0.3 is 20.0 Å². The summed E-state index contributed by atoms with van der Waals surface area (Å²) < 4.78 is 28.3. The van der Waals surface area contributed by atoms with Crippen molar-refractivity contribution in [3.8, 4) is 12.3 Å². The van der Waals surface area contributed by atoms with Crippen molar-refractivity contribution in [2.45, 2.75) is 31.4 Å². The van der Waals surface area contributed by atoms with E-state index in [4.69, 9.17) is 23.1 Å². The molecule has 1 saturated carbocycles. The van der Waals surface area contributed by atoms with Crippen LogP contribution in [-0.2, 0) is 10.7 Å². The minimum atomic E-state index is -3.24. The Morgan fingerprint density at radius 1 is 1.43 bits per heavy atom. The lowest BCUT2D eigenvalue weighted by atomic mass is 10.00. The highest BCUT2D eigenvalue weighted by Gasteiger charge is 2.56. The molecule has 9 heteroatoms. The molecular formula is C19H20ClF2N3O3. The van der Waals surface area contributed by atoms with E-state index in [1.807, 2.05) is 4.90 Å². The normalized spacial score (nSPS) is 31.2. The lowest BCUT2D eigenvalue weighted by Gasteiger charge is -2.43. The number of nitrogens with zero attached hydrogens (tertiary/aromatic N) is 3. The zero-order valence-electron chi connectivity index (χ0n) is 15.1. The Balaban J connectivity index is 1.64. The number of hydrogen-bond acceptors (Lipinski definition) is 5. The van der Waals surface area contributed by atoms with Gasteiger partial charge in [-0.25, -0.2) is 4.98 Å². The molecule has 2 N–H and O–H groups in total. The van der Waals surface area contributed by atoms with E-state index in [1.165, 1.54) is 0 Å². The number of carboxylic acid groups (broad SMARTS) is 1. The fourth-order valence-corrected chi connectivity index (χ4v) is 4.83. The molecule has 0 aromatic carbocycles. The summed E-state index contributed by atoms with van der Waals surface area (Å²) in [6, 6.07) is 1.01. The van der Waals surface area contributed by atoms with Crippen LogP contribution in [0.3, 0.4) is 0 Å². The SMILES string of the molecule is C#C[C@H]1[C@H](O)CN1c1cc(N2C[C@@H]3C(CC(=O)O)[C@@H]3C2)c(Cl)c(C(C)(F)F)n1. The average Bonchev–Trinajstić information content (AvgIpc) is 3.02. The molecule has 150 valence electrons. The highest BCUT2D eigenvalue weighted by Crippen LogP contribution is 2.55. The molecule has 0 radical (unpaired) electrons. The second kappa shape index (κ2) is 6.46. The topological polar surface area (TPSA) is 76.9 Å². The van der Waals surface area contributed by atoms with Gasteiger partial charge in [0.1, 0.15) is 23.7 Å². The lowest BCUT2D eigenvalue weighted by molar-refractivity contribution is -0.137. The fourth-order valence-electron chi connectivity index (χ4n) is 4.44. The number of pyridine rings is 1. The molecule has 2 aliphatic heterocycles. The van der Waals surface area contributed by atoms with Gasteiger partial charge in [0.2, 0.25) is 0 Å². The number of hydrogen-bond donors (Lipinski definition) is 2. The van der Waals surface area contributed by atoms with Gasteiger partial charge in [0, 0.05) is 39.0 Å². The summed E-state index contributed by atoms with van der Waals surface area (Å²) in [7, 11) is 0. The first-order valence-corrected chi connectivity index (χ1v) is 9.46. The van der Waals surface area contributed by atoms with Crippen molar-refractivity contribution in [1.29, 1.82) is 0 Å². The monoisotopic (exact) mass is 411 g/mol. The van der Waals surface area contributed by atoms with Crippen LogP contribution in [-0.4, -0.2) is 52.9 Å². The highest BCUT2D eigenvalue weighted by atomic mass is 35.5. The molecule has 2 saturated heterocycles. The Kier molecular flexibility index (Phi) is 4.43. The Labute approximate surface area is 166 Å². The molecule has 4 rings (SSSR count). The van der Waals surface area contributed by atoms with Crippen LogP contribution in [0.15, 0.2) is 6.07 Å². The molecule has 1 aliphatic carbocycles. The number of alkyl halides is 2. The van der Waals surface area contributed by atoms with E-state index in [2.05, 4.69) is 10.9 Å². The van der Waals surface area contributed by atoms with Crippen LogP contribution in [0.5, 0.6) is 0 Å². The molecule has 0 spiro atoms. The third kappa shape index (κ3) is 3.07. The van der Waals surface area contributed by atoms with Gasteiger partial charge in [-0.3, -0.25) is 4.79 Å². The maximum Gasteiger partial charge on any atom is 0.303 e. The molecule has 1 aromatic heterocycles. The van der Waals surface area contributed by atoms with E-state index in [1.54, 1.807) is 11.0 Å². The number of aliphatic hydroxyl groups is 1. The van der Waals surface area contributed by atoms with E-state index in [0.29, 0.717) is 18.8 Å². The van der Waals surface area contributed by atoms with Crippen molar-refractivity contribution in [2.75, 3.05) is 29.4 Å². The van der Waals surface area contributed by atoms with Crippen LogP contribution in [0, 0.1) is 30.1 Å². The number of carboxylic acids is 1. The summed E-state index contributed by atoms with van der Waals surface area (Å²) in [5.74, 6) is -0.756. The van der Waals surface area contributed by atoms with Crippen LogP contribution in [0.1, 0.15) is 19.0 Å². The summed E-state index contributed by atoms with van der Waals surface area (Å²) in [6.07, 6.45) is 4.84. The maximum absolute atomic E-state index is 14.2. The third-order valence-corrected chi connectivity index (χ3v) is 6.38. The molecule has 5 atom stereocenters. The molecule has 0 bridgehead atoms. The van der Waals surface area contributed by atoms with Gasteiger partial charge >= 0.3 is 5.97 Å². The number of carbonyl (C=O) groups is 1. The molecule has 3 fully saturated rings. The van der Waals surface area contributed by atoms with Gasteiger partial charge in [0.05, 0.1) is 10.7 Å². The van der Waals surface area contributed by atoms with Gasteiger partial charge in [0.15, 0.2) is 0 Å². The standard InChI is InChI=1S/C19H20ClF2N3O3/c1-3-12-14(26)8-25(12)15-5-13(17(20)18(23-15)19(2,21)22)24-6-10-9(4-16(27)28)11(10)7-24/h1,5,9-12,14,26H,4,6-8H2,2H3,(H,27,28)/t9?,10-,11+,12-,14+/m0/s1. The third-order valence-electron chi connectivity index (χ3n) is 6.01. The van der Waals surface area contributed by atoms with Gasteiger partial charge in [0.25, 0.3) is 5.92 Å². The predicted molar refractivity (Wildman–Crippen MR) is 99.7 cm³/mol. The van der Waals surface area contributed by atoms with Gasteiger partial charge in [-0.15, -0.1) is 6.42 Å². The predicted octanol–water partition coefficient (Wildman–Crippen LogP) is 2.19. The first-order valence-electron chi connectivity index (χ1n) is 9.08. The molecule has 3 heterocycles. The summed E-state index contributed by atoms with van der Waals surface area (Å²) in [6.45, 7) is 2.09. The van der Waals surface area contributed by atoms with Crippen LogP contribution in [0.4, 0.5) is 20.3 Å². The van der Waals surface area contributed by atoms with Crippen molar-refractivity contribution in [3.05, 3.63) is 16.8 Å². The van der Waals surface area contributed by atoms with Gasteiger partial charge in [-0.05, 0) is 17.8 Å². The Morgan fingerprint density at radius 3 is 2.57 bits per heavy atom. The number of rotatable bonds is 5. The average molecular weight is 412 g/mol. The highest BCUT2D eigenvalue weighted by molar-refractivity contribution is 6.34. The van der Waals surface area contributed by atoms with Crippen LogP contribution in [0.2, 0.25) is 5.02 Å². The van der Waals surface area contributed by atoms with Crippen molar-refractivity contribution in [3.63, 3.8) is 0 Å². The summed E-state index contributed by atoms with van der Waals surface area (Å²) in [5.41, 5.74) is -0.0804. The van der Waals surface area contributed by atoms with Crippen molar-refractivity contribution < 1.29 is 23.8 Å². The van der Waals surface area contributed by atoms with Crippen LogP contribution < -0.4 is 9.80 Å². The summed E-state index contributed by atoms with van der Waals surface area (Å²) >= 11 is 6.31. The molecule has 0 amide bonds. The molecule has 28 heavy (non-hydrogen) atoms. The zero-order valence-corrected chi connectivity index (χ0v) is 15.9. The van der Waals surface area contributed by atoms with Crippen molar-refractivity contribution >= 4 is 29.1 Å². The number of terminal acetylenes is 1. The number of fused-ring (bicyclic) bond motifs is 1. The molecular weight excluding hydrogens is 392 g/mol. The van der Waals surface area contributed by atoms with E-state index in [0.717, 1.165) is 6.92 Å². The Morgan fingerprint density at radius 2 is 2.07 bits per heavy atom. The number of β-amino-alcohol motifs (C(OH)–C–C–N with tert-alkyl or cyclic N) is 1. The van der Waals surface area contributed by atoms with E-state index < -0.39 is 29.7 Å². The fraction of sp³-hybridized carbons (Fsp3) is 0.579. The molecule has 6 nitrogen and oxygen atoms in total. The van der Waals surface area contributed by atoms with E-state index in [9.17, 15) is 18.7 Å². The number of aromatic nitrogens is 1. The van der Waals surface area contributed by atoms with E-state index >= 15 is 0 Å². The number of aliphatic carboxylic acids is 1. The van der Waals surface area contributed by atoms with Crippen LogP contribution >= 0.6 is 11.6 Å². The zero-order chi connectivity index (χ0) is 20.4. The number of aliphatic hydroxyl groups excluding tert-OH is 1. The maximum atomic E-state index is 14.2. The first-order chi connectivity index (χ1) is 13.1. The van der Waals surface area contributed by atoms with Crippen molar-refractivity contribution in [1.82, 2.24) is 4.98 Å². The van der Waals surface area contributed by atoms with Gasteiger partial charge in [-0.2, -0.15) is 8.78 Å². The van der Waals surface area contributed by atoms with Crippen molar-refractivity contribution in [2.24, 2.45) is 17.8 Å². The lowest BCUT2D eigenvalue weighted by Crippen LogP contribution is -2.60. The minimum absolute atomic E-state index is 0.106. The molecule has 1 unspecified atom stereocenters. The number of halogens is 3. The number of anilines is 2. The Bertz CT molecular complexity index is 857. The van der Waals surface area contributed by atoms with Gasteiger partial charge in [-0.1, -0.05) is 17.5 Å².